The van der Waals surface area contributed by atoms with Crippen LogP contribution < -0.4 is 0 Å². The summed E-state index contributed by atoms with van der Waals surface area (Å²) in [5, 5.41) is 5.09. The van der Waals surface area contributed by atoms with E-state index in [4.69, 9.17) is 9.98 Å². The molecule has 0 amide bonds. The zero-order chi connectivity index (χ0) is 27.2. The van der Waals surface area contributed by atoms with E-state index in [9.17, 15) is 0 Å². The molecular formula is C37H31N3. The highest BCUT2D eigenvalue weighted by Crippen LogP contribution is 2.37. The van der Waals surface area contributed by atoms with Gasteiger partial charge in [-0.1, -0.05) is 91.1 Å². The molecule has 0 saturated carbocycles. The van der Waals surface area contributed by atoms with Crippen LogP contribution in [0.15, 0.2) is 137 Å². The number of aliphatic imine (C=N–C) groups is 2. The number of aryl methyl sites for hydroxylation is 1. The van der Waals surface area contributed by atoms with E-state index in [2.05, 4.69) is 128 Å². The Balaban J connectivity index is 1.45. The average Bonchev–Trinajstić information content (AvgIpc) is 3.31. The van der Waals surface area contributed by atoms with Crippen molar-refractivity contribution in [3.05, 3.63) is 138 Å². The lowest BCUT2D eigenvalue weighted by atomic mass is 9.97. The van der Waals surface area contributed by atoms with Gasteiger partial charge in [0, 0.05) is 22.0 Å². The molecule has 0 spiro atoms. The van der Waals surface area contributed by atoms with Crippen LogP contribution in [0.2, 0.25) is 0 Å². The molecule has 1 aliphatic carbocycles. The Hall–Kier alpha value is -4.76. The maximum absolute atomic E-state index is 5.15. The summed E-state index contributed by atoms with van der Waals surface area (Å²) in [7, 11) is 0. The van der Waals surface area contributed by atoms with Crippen molar-refractivity contribution in [2.75, 3.05) is 0 Å². The Labute approximate surface area is 234 Å². The second-order valence-corrected chi connectivity index (χ2v) is 10.8. The van der Waals surface area contributed by atoms with Gasteiger partial charge in [-0.3, -0.25) is 4.99 Å². The molecule has 3 heteroatoms. The van der Waals surface area contributed by atoms with Crippen LogP contribution in [0.25, 0.3) is 38.3 Å². The van der Waals surface area contributed by atoms with E-state index in [1.54, 1.807) is 0 Å². The van der Waals surface area contributed by atoms with Crippen LogP contribution in [0.4, 0.5) is 0 Å². The number of aromatic nitrogens is 1. The van der Waals surface area contributed by atoms with E-state index >= 15 is 0 Å². The minimum Gasteiger partial charge on any atom is -0.309 e. The largest absolute Gasteiger partial charge is 0.309 e. The van der Waals surface area contributed by atoms with Crippen LogP contribution in [0.1, 0.15) is 30.9 Å². The zero-order valence-electron chi connectivity index (χ0n) is 22.9. The summed E-state index contributed by atoms with van der Waals surface area (Å²) in [6, 6.07) is 28.5. The number of benzene rings is 4. The van der Waals surface area contributed by atoms with E-state index < -0.39 is 0 Å². The molecule has 0 radical (unpaired) electrons. The van der Waals surface area contributed by atoms with Crippen molar-refractivity contribution in [1.82, 2.24) is 4.57 Å². The van der Waals surface area contributed by atoms with Crippen LogP contribution >= 0.6 is 0 Å². The van der Waals surface area contributed by atoms with Crippen molar-refractivity contribution < 1.29 is 0 Å². The Bertz CT molecular complexity index is 1990. The third-order valence-electron chi connectivity index (χ3n) is 7.86. The number of allylic oxidation sites excluding steroid dienone is 6. The molecule has 3 nitrogen and oxygen atoms in total. The first-order chi connectivity index (χ1) is 19.6. The van der Waals surface area contributed by atoms with Crippen LogP contribution in [0, 0.1) is 6.92 Å². The van der Waals surface area contributed by atoms with Gasteiger partial charge in [0.2, 0.25) is 0 Å². The molecule has 5 aromatic rings. The van der Waals surface area contributed by atoms with E-state index in [-0.39, 0.29) is 6.04 Å². The van der Waals surface area contributed by atoms with Gasteiger partial charge in [-0.25, -0.2) is 4.99 Å². The smallest absolute Gasteiger partial charge is 0.155 e. The second-order valence-electron chi connectivity index (χ2n) is 10.8. The van der Waals surface area contributed by atoms with Gasteiger partial charge < -0.3 is 4.57 Å². The monoisotopic (exact) mass is 517 g/mol. The lowest BCUT2D eigenvalue weighted by molar-refractivity contribution is 0.921. The van der Waals surface area contributed by atoms with Crippen molar-refractivity contribution >= 4 is 44.1 Å². The highest BCUT2D eigenvalue weighted by atomic mass is 15.0. The minimum atomic E-state index is -0.000776. The van der Waals surface area contributed by atoms with Gasteiger partial charge in [-0.05, 0) is 78.9 Å². The fourth-order valence-corrected chi connectivity index (χ4v) is 5.92. The predicted octanol–water partition coefficient (Wildman–Crippen LogP) is 9.22. The van der Waals surface area contributed by atoms with Gasteiger partial charge in [0.15, 0.2) is 5.84 Å². The number of hydrogen-bond acceptors (Lipinski definition) is 2. The van der Waals surface area contributed by atoms with Crippen LogP contribution in [0.5, 0.6) is 0 Å². The summed E-state index contributed by atoms with van der Waals surface area (Å²) in [5.74, 6) is 0.733. The summed E-state index contributed by atoms with van der Waals surface area (Å²) < 4.78 is 2.38. The quantitative estimate of drug-likeness (QED) is 0.228. The van der Waals surface area contributed by atoms with Crippen molar-refractivity contribution in [2.45, 2.75) is 32.7 Å². The Morgan fingerprint density at radius 2 is 1.73 bits per heavy atom. The van der Waals surface area contributed by atoms with Gasteiger partial charge in [0.05, 0.1) is 22.8 Å². The first-order valence-electron chi connectivity index (χ1n) is 14.0. The first-order valence-corrected chi connectivity index (χ1v) is 14.0. The topological polar surface area (TPSA) is 29.6 Å². The van der Waals surface area contributed by atoms with Gasteiger partial charge in [-0.15, -0.1) is 0 Å². The molecular weight excluding hydrogens is 486 g/mol. The molecule has 0 fully saturated rings. The maximum Gasteiger partial charge on any atom is 0.155 e. The van der Waals surface area contributed by atoms with Gasteiger partial charge >= 0.3 is 0 Å². The summed E-state index contributed by atoms with van der Waals surface area (Å²) in [4.78, 5) is 10.2. The molecule has 194 valence electrons. The Morgan fingerprint density at radius 1 is 0.850 bits per heavy atom. The van der Waals surface area contributed by atoms with Crippen LogP contribution in [0.3, 0.4) is 0 Å². The van der Waals surface area contributed by atoms with Gasteiger partial charge in [0.1, 0.15) is 0 Å². The molecule has 1 aliphatic heterocycles. The molecule has 4 aromatic carbocycles. The molecule has 1 aromatic heterocycles. The van der Waals surface area contributed by atoms with E-state index in [0.29, 0.717) is 0 Å². The normalized spacial score (nSPS) is 18.4. The number of hydrogen-bond donors (Lipinski definition) is 0. The third-order valence-corrected chi connectivity index (χ3v) is 7.86. The summed E-state index contributed by atoms with van der Waals surface area (Å²) >= 11 is 0. The van der Waals surface area contributed by atoms with E-state index in [0.717, 1.165) is 46.8 Å². The lowest BCUT2D eigenvalue weighted by Gasteiger charge is -2.16. The summed E-state index contributed by atoms with van der Waals surface area (Å²) in [5.41, 5.74) is 8.66. The maximum atomic E-state index is 5.15. The molecule has 40 heavy (non-hydrogen) atoms. The first kappa shape index (κ1) is 24.3. The molecule has 1 atom stereocenters. The Morgan fingerprint density at radius 3 is 2.60 bits per heavy atom. The van der Waals surface area contributed by atoms with Gasteiger partial charge in [-0.2, -0.15) is 0 Å². The van der Waals surface area contributed by atoms with E-state index in [1.807, 2.05) is 6.08 Å². The third kappa shape index (κ3) is 4.15. The van der Waals surface area contributed by atoms with Crippen molar-refractivity contribution in [1.29, 1.82) is 0 Å². The lowest BCUT2D eigenvalue weighted by Crippen LogP contribution is -2.14. The fraction of sp³-hybridized carbons (Fsp3) is 0.135. The fourth-order valence-electron chi connectivity index (χ4n) is 5.92. The number of nitrogens with zero attached hydrogens (tertiary/aromatic N) is 3. The number of fused-ring (bicyclic) bond motifs is 5. The van der Waals surface area contributed by atoms with Gasteiger partial charge in [0.25, 0.3) is 0 Å². The highest BCUT2D eigenvalue weighted by molar-refractivity contribution is 6.23. The molecule has 7 rings (SSSR count). The molecule has 2 heterocycles. The molecule has 1 unspecified atom stereocenters. The van der Waals surface area contributed by atoms with Crippen LogP contribution in [-0.4, -0.2) is 22.2 Å². The number of amidine groups is 1. The molecule has 0 bridgehead atoms. The molecule has 2 aliphatic rings. The van der Waals surface area contributed by atoms with Crippen molar-refractivity contribution in [2.24, 2.45) is 9.98 Å². The standard InChI is InChI=1S/C37H31N3/c1-24-16-20-33-32(22-24)35-31-15-8-7-10-27(31)19-21-34(35)40(33)30-14-9-13-29(23-30)37-38-26(3)18-17-25(2)36(39-37)28-11-5-4-6-12-28/h5,7-23,26H,2,4,6H2,1,3H3/b18-17-,38-37?,39-36?. The minimum absolute atomic E-state index is 0.000776. The molecule has 0 saturated heterocycles. The number of rotatable bonds is 3. The second kappa shape index (κ2) is 9.77. The highest BCUT2D eigenvalue weighted by Gasteiger charge is 2.18. The van der Waals surface area contributed by atoms with Crippen molar-refractivity contribution in [3.8, 4) is 5.69 Å². The summed E-state index contributed by atoms with van der Waals surface area (Å²) in [6.45, 7) is 8.60. The molecule has 0 N–H and O–H groups in total. The SMILES string of the molecule is C=C1/C=C\C(C)N=C(c2cccc(-n3c4ccc(C)cc4c4c5ccccc5ccc43)c2)N=C1C1=CCCC=C1. The Kier molecular flexibility index (Phi) is 5.93. The summed E-state index contributed by atoms with van der Waals surface area (Å²) in [6.07, 6.45) is 12.9. The average molecular weight is 518 g/mol. The van der Waals surface area contributed by atoms with Crippen LogP contribution in [-0.2, 0) is 0 Å². The zero-order valence-corrected chi connectivity index (χ0v) is 22.9. The van der Waals surface area contributed by atoms with Crippen molar-refractivity contribution in [3.63, 3.8) is 0 Å². The predicted molar refractivity (Wildman–Crippen MR) is 171 cm³/mol. The van der Waals surface area contributed by atoms with E-state index in [1.165, 1.54) is 38.1 Å².